The lowest BCUT2D eigenvalue weighted by atomic mass is 9.84. The standard InChI is InChI=1S/C19H27FN2O3S2/c1-17(2,3)25-16(23)22-9-6-18(24,7-10-22)19(26-11-4-12-27-19)14-13-21-8-5-15(14)20/h5,8,13,24H,4,6-7,9-12H2,1-3H3. The number of nitrogens with zero attached hydrogens (tertiary/aromatic N) is 2. The molecular weight excluding hydrogens is 387 g/mol. The van der Waals surface area contributed by atoms with E-state index in [9.17, 15) is 14.3 Å². The molecule has 0 spiro atoms. The highest BCUT2D eigenvalue weighted by atomic mass is 32.2. The number of carbonyl (C=O) groups excluding carboxylic acids is 1. The molecule has 0 saturated carbocycles. The summed E-state index contributed by atoms with van der Waals surface area (Å²) in [6.45, 7) is 6.27. The molecule has 150 valence electrons. The lowest BCUT2D eigenvalue weighted by molar-refractivity contribution is -0.0402. The largest absolute Gasteiger partial charge is 0.444 e. The maximum Gasteiger partial charge on any atom is 0.410 e. The summed E-state index contributed by atoms with van der Waals surface area (Å²) in [5.74, 6) is 1.38. The van der Waals surface area contributed by atoms with Crippen molar-refractivity contribution in [3.8, 4) is 0 Å². The summed E-state index contributed by atoms with van der Waals surface area (Å²) in [7, 11) is 0. The van der Waals surface area contributed by atoms with Crippen LogP contribution < -0.4 is 0 Å². The molecular formula is C19H27FN2O3S2. The molecule has 2 aliphatic rings. The van der Waals surface area contributed by atoms with E-state index in [-0.39, 0.29) is 11.9 Å². The number of rotatable bonds is 2. The average molecular weight is 415 g/mol. The van der Waals surface area contributed by atoms with Crippen molar-refractivity contribution < 1.29 is 19.0 Å². The monoisotopic (exact) mass is 414 g/mol. The van der Waals surface area contributed by atoms with E-state index in [1.165, 1.54) is 12.3 Å². The van der Waals surface area contributed by atoms with E-state index in [1.807, 2.05) is 20.8 Å². The fraction of sp³-hybridized carbons (Fsp3) is 0.684. The highest BCUT2D eigenvalue weighted by molar-refractivity contribution is 8.18. The highest BCUT2D eigenvalue weighted by Crippen LogP contribution is 2.59. The number of ether oxygens (including phenoxy) is 1. The molecule has 2 saturated heterocycles. The van der Waals surface area contributed by atoms with Crippen LogP contribution in [0.2, 0.25) is 0 Å². The third-order valence-electron chi connectivity index (χ3n) is 4.88. The lowest BCUT2D eigenvalue weighted by Gasteiger charge is -2.51. The second-order valence-electron chi connectivity index (χ2n) is 8.02. The molecule has 0 bridgehead atoms. The molecule has 1 N–H and O–H groups in total. The van der Waals surface area contributed by atoms with Crippen molar-refractivity contribution in [2.75, 3.05) is 24.6 Å². The molecule has 1 amide bonds. The molecule has 2 fully saturated rings. The fourth-order valence-electron chi connectivity index (χ4n) is 3.54. The Hall–Kier alpha value is -0.990. The van der Waals surface area contributed by atoms with Crippen molar-refractivity contribution in [2.24, 2.45) is 0 Å². The molecule has 0 atom stereocenters. The van der Waals surface area contributed by atoms with Gasteiger partial charge in [-0.15, -0.1) is 23.5 Å². The van der Waals surface area contributed by atoms with E-state index in [2.05, 4.69) is 4.98 Å². The zero-order chi connectivity index (χ0) is 19.7. The van der Waals surface area contributed by atoms with Crippen LogP contribution in [0.5, 0.6) is 0 Å². The molecule has 0 unspecified atom stereocenters. The second kappa shape index (κ2) is 7.79. The molecule has 2 aliphatic heterocycles. The quantitative estimate of drug-likeness (QED) is 0.789. The summed E-state index contributed by atoms with van der Waals surface area (Å²) in [5, 5.41) is 11.6. The van der Waals surface area contributed by atoms with Gasteiger partial charge in [0, 0.05) is 31.0 Å². The minimum Gasteiger partial charge on any atom is -0.444 e. The van der Waals surface area contributed by atoms with Gasteiger partial charge in [0.25, 0.3) is 0 Å². The van der Waals surface area contributed by atoms with Crippen molar-refractivity contribution in [1.82, 2.24) is 9.88 Å². The maximum absolute atomic E-state index is 14.7. The molecule has 0 radical (unpaired) electrons. The van der Waals surface area contributed by atoms with E-state index in [0.717, 1.165) is 17.9 Å². The average Bonchev–Trinajstić information content (AvgIpc) is 2.62. The Bertz CT molecular complexity index is 682. The molecule has 27 heavy (non-hydrogen) atoms. The molecule has 1 aromatic rings. The van der Waals surface area contributed by atoms with Crippen LogP contribution in [0, 0.1) is 5.82 Å². The molecule has 1 aromatic heterocycles. The summed E-state index contributed by atoms with van der Waals surface area (Å²) in [4.78, 5) is 18.1. The van der Waals surface area contributed by atoms with Crippen LogP contribution in [-0.4, -0.2) is 56.9 Å². The third kappa shape index (κ3) is 4.22. The van der Waals surface area contributed by atoms with E-state index < -0.39 is 15.3 Å². The van der Waals surface area contributed by atoms with Crippen LogP contribution in [0.15, 0.2) is 18.5 Å². The Morgan fingerprint density at radius 1 is 1.30 bits per heavy atom. The normalized spacial score (nSPS) is 22.3. The van der Waals surface area contributed by atoms with Gasteiger partial charge in [-0.2, -0.15) is 0 Å². The summed E-state index contributed by atoms with van der Waals surface area (Å²) in [5.41, 5.74) is -1.22. The summed E-state index contributed by atoms with van der Waals surface area (Å²) in [6, 6.07) is 1.35. The first-order chi connectivity index (χ1) is 12.7. The van der Waals surface area contributed by atoms with Crippen molar-refractivity contribution in [2.45, 2.75) is 55.3 Å². The van der Waals surface area contributed by atoms with E-state index in [0.29, 0.717) is 31.5 Å². The van der Waals surface area contributed by atoms with Gasteiger partial charge in [0.2, 0.25) is 0 Å². The molecule has 3 heterocycles. The minimum absolute atomic E-state index is 0.338. The van der Waals surface area contributed by atoms with Crippen LogP contribution >= 0.6 is 23.5 Å². The Morgan fingerprint density at radius 3 is 2.48 bits per heavy atom. The van der Waals surface area contributed by atoms with Crippen molar-refractivity contribution in [1.29, 1.82) is 0 Å². The highest BCUT2D eigenvalue weighted by Gasteiger charge is 2.56. The second-order valence-corrected chi connectivity index (χ2v) is 10.9. The van der Waals surface area contributed by atoms with E-state index in [1.54, 1.807) is 34.6 Å². The smallest absolute Gasteiger partial charge is 0.410 e. The van der Waals surface area contributed by atoms with Crippen LogP contribution in [-0.2, 0) is 8.82 Å². The zero-order valence-electron chi connectivity index (χ0n) is 16.0. The summed E-state index contributed by atoms with van der Waals surface area (Å²) >= 11 is 3.20. The van der Waals surface area contributed by atoms with Gasteiger partial charge < -0.3 is 14.7 Å². The lowest BCUT2D eigenvalue weighted by Crippen LogP contribution is -2.57. The van der Waals surface area contributed by atoms with Gasteiger partial charge in [-0.25, -0.2) is 9.18 Å². The van der Waals surface area contributed by atoms with Crippen LogP contribution in [0.4, 0.5) is 9.18 Å². The molecule has 5 nitrogen and oxygen atoms in total. The third-order valence-corrected chi connectivity index (χ3v) is 8.58. The Balaban J connectivity index is 1.83. The van der Waals surface area contributed by atoms with Crippen LogP contribution in [0.25, 0.3) is 0 Å². The van der Waals surface area contributed by atoms with Gasteiger partial charge >= 0.3 is 6.09 Å². The van der Waals surface area contributed by atoms with Crippen LogP contribution in [0.1, 0.15) is 45.6 Å². The number of thioether (sulfide) groups is 2. The first-order valence-corrected chi connectivity index (χ1v) is 11.2. The van der Waals surface area contributed by atoms with E-state index in [4.69, 9.17) is 4.74 Å². The SMILES string of the molecule is CC(C)(C)OC(=O)N1CCC(O)(C2(c3cnccc3F)SCCCS2)CC1. The first-order valence-electron chi connectivity index (χ1n) is 9.25. The number of hydrogen-bond donors (Lipinski definition) is 1. The number of halogens is 1. The summed E-state index contributed by atoms with van der Waals surface area (Å²) < 4.78 is 19.3. The van der Waals surface area contributed by atoms with Gasteiger partial charge in [0.05, 0.1) is 5.60 Å². The topological polar surface area (TPSA) is 62.7 Å². The molecule has 3 rings (SSSR count). The van der Waals surface area contributed by atoms with E-state index >= 15 is 0 Å². The van der Waals surface area contributed by atoms with Gasteiger partial charge in [-0.05, 0) is 57.6 Å². The van der Waals surface area contributed by atoms with Crippen molar-refractivity contribution >= 4 is 29.6 Å². The molecule has 0 aliphatic carbocycles. The predicted octanol–water partition coefficient (Wildman–Crippen LogP) is 4.01. The van der Waals surface area contributed by atoms with Crippen molar-refractivity contribution in [3.63, 3.8) is 0 Å². The Labute approximate surface area is 168 Å². The van der Waals surface area contributed by atoms with Gasteiger partial charge in [-0.3, -0.25) is 4.98 Å². The fourth-order valence-corrected chi connectivity index (χ4v) is 7.27. The van der Waals surface area contributed by atoms with Crippen LogP contribution in [0.3, 0.4) is 0 Å². The number of pyridine rings is 1. The van der Waals surface area contributed by atoms with Gasteiger partial charge in [0.1, 0.15) is 15.5 Å². The van der Waals surface area contributed by atoms with Crippen molar-refractivity contribution in [3.05, 3.63) is 29.8 Å². The number of piperidine rings is 1. The zero-order valence-corrected chi connectivity index (χ0v) is 17.7. The van der Waals surface area contributed by atoms with Gasteiger partial charge in [0.15, 0.2) is 0 Å². The molecule has 0 aromatic carbocycles. The molecule has 8 heteroatoms. The predicted molar refractivity (Wildman–Crippen MR) is 107 cm³/mol. The number of carbonyl (C=O) groups is 1. The first kappa shape index (κ1) is 20.7. The number of aliphatic hydroxyl groups is 1. The Morgan fingerprint density at radius 2 is 1.93 bits per heavy atom. The number of amides is 1. The Kier molecular flexibility index (Phi) is 5.99. The summed E-state index contributed by atoms with van der Waals surface area (Å²) in [6.07, 6.45) is 4.38. The van der Waals surface area contributed by atoms with Gasteiger partial charge in [-0.1, -0.05) is 0 Å². The number of aromatic nitrogens is 1. The number of hydrogen-bond acceptors (Lipinski definition) is 6. The maximum atomic E-state index is 14.7. The number of likely N-dealkylation sites (tertiary alicyclic amines) is 1. The minimum atomic E-state index is -1.12.